The van der Waals surface area contributed by atoms with Crippen LogP contribution in [0.3, 0.4) is 0 Å². The molecule has 0 radical (unpaired) electrons. The summed E-state index contributed by atoms with van der Waals surface area (Å²) < 4.78 is 0. The van der Waals surface area contributed by atoms with Crippen LogP contribution in [0.25, 0.3) is 68.3 Å². The standard InChI is InChI=1S/C37H23N7/c38-24-25-21-30(36-41-32(26-13-5-1-6-14-26)39-33(42-36)27-15-7-2-8-16-27)23-31(22-25)37-43-34(28-17-9-3-10-18-28)40-35(44-37)29-19-11-4-12-20-29/h1-23H. The molecule has 0 saturated heterocycles. The van der Waals surface area contributed by atoms with E-state index >= 15 is 0 Å². The number of nitriles is 1. The lowest BCUT2D eigenvalue weighted by Gasteiger charge is -2.11. The zero-order chi connectivity index (χ0) is 29.7. The molecule has 0 aliphatic heterocycles. The molecule has 0 N–H and O–H groups in total. The molecule has 0 fully saturated rings. The largest absolute Gasteiger partial charge is 0.208 e. The minimum absolute atomic E-state index is 0.434. The molecular weight excluding hydrogens is 542 g/mol. The molecule has 44 heavy (non-hydrogen) atoms. The third-order valence-electron chi connectivity index (χ3n) is 6.98. The van der Waals surface area contributed by atoms with Crippen molar-refractivity contribution in [1.82, 2.24) is 29.9 Å². The van der Waals surface area contributed by atoms with Crippen LogP contribution < -0.4 is 0 Å². The van der Waals surface area contributed by atoms with E-state index in [0.717, 1.165) is 22.3 Å². The van der Waals surface area contributed by atoms with Crippen molar-refractivity contribution in [2.45, 2.75) is 0 Å². The predicted octanol–water partition coefficient (Wildman–Crippen LogP) is 7.93. The van der Waals surface area contributed by atoms with Crippen LogP contribution in [0.1, 0.15) is 5.56 Å². The monoisotopic (exact) mass is 565 g/mol. The van der Waals surface area contributed by atoms with Gasteiger partial charge in [-0.1, -0.05) is 121 Å². The van der Waals surface area contributed by atoms with Gasteiger partial charge in [0, 0.05) is 33.4 Å². The third kappa shape index (κ3) is 5.56. The Hall–Kier alpha value is -6.39. The van der Waals surface area contributed by atoms with Crippen molar-refractivity contribution in [2.24, 2.45) is 0 Å². The topological polar surface area (TPSA) is 101 Å². The Labute approximate surface area is 254 Å². The molecular formula is C37H23N7. The van der Waals surface area contributed by atoms with E-state index in [2.05, 4.69) is 6.07 Å². The highest BCUT2D eigenvalue weighted by molar-refractivity contribution is 5.74. The second kappa shape index (κ2) is 11.8. The van der Waals surface area contributed by atoms with Crippen molar-refractivity contribution < 1.29 is 0 Å². The molecule has 0 saturated carbocycles. The first kappa shape index (κ1) is 26.5. The molecule has 0 spiro atoms. The minimum Gasteiger partial charge on any atom is -0.208 e. The second-order valence-electron chi connectivity index (χ2n) is 9.99. The first-order valence-electron chi connectivity index (χ1n) is 14.0. The van der Waals surface area contributed by atoms with Gasteiger partial charge in [0.15, 0.2) is 34.9 Å². The molecule has 0 atom stereocenters. The summed E-state index contributed by atoms with van der Waals surface area (Å²) in [6, 6.07) is 46.9. The average molecular weight is 566 g/mol. The maximum atomic E-state index is 10.1. The van der Waals surface area contributed by atoms with Gasteiger partial charge in [0.25, 0.3) is 0 Å². The Morgan fingerprint density at radius 1 is 0.318 bits per heavy atom. The number of benzene rings is 5. The van der Waals surface area contributed by atoms with E-state index in [9.17, 15) is 5.26 Å². The molecule has 0 unspecified atom stereocenters. The van der Waals surface area contributed by atoms with Gasteiger partial charge in [-0.25, -0.2) is 29.9 Å². The van der Waals surface area contributed by atoms with E-state index in [0.29, 0.717) is 51.6 Å². The van der Waals surface area contributed by atoms with Crippen molar-refractivity contribution in [3.8, 4) is 74.4 Å². The van der Waals surface area contributed by atoms with Crippen molar-refractivity contribution in [3.05, 3.63) is 145 Å². The Morgan fingerprint density at radius 2 is 0.568 bits per heavy atom. The zero-order valence-corrected chi connectivity index (χ0v) is 23.4. The van der Waals surface area contributed by atoms with Crippen LogP contribution >= 0.6 is 0 Å². The van der Waals surface area contributed by atoms with Crippen LogP contribution in [0.5, 0.6) is 0 Å². The Morgan fingerprint density at radius 3 is 0.818 bits per heavy atom. The van der Waals surface area contributed by atoms with E-state index in [1.54, 1.807) is 12.1 Å². The molecule has 0 aliphatic rings. The summed E-state index contributed by atoms with van der Waals surface area (Å²) in [5.41, 5.74) is 5.19. The predicted molar refractivity (Wildman–Crippen MR) is 171 cm³/mol. The molecule has 0 amide bonds. The molecule has 206 valence electrons. The maximum absolute atomic E-state index is 10.1. The number of hydrogen-bond acceptors (Lipinski definition) is 7. The molecule has 0 bridgehead atoms. The summed E-state index contributed by atoms with van der Waals surface area (Å²) in [6.45, 7) is 0. The van der Waals surface area contributed by atoms with Crippen molar-refractivity contribution in [2.75, 3.05) is 0 Å². The lowest BCUT2D eigenvalue weighted by atomic mass is 10.0. The Balaban J connectivity index is 1.42. The van der Waals surface area contributed by atoms with Crippen LogP contribution in [-0.4, -0.2) is 29.9 Å². The Bertz CT molecular complexity index is 1850. The Kier molecular flexibility index (Phi) is 7.13. The van der Waals surface area contributed by atoms with E-state index < -0.39 is 0 Å². The van der Waals surface area contributed by atoms with Gasteiger partial charge in [-0.05, 0) is 18.2 Å². The van der Waals surface area contributed by atoms with Crippen LogP contribution in [0.2, 0.25) is 0 Å². The van der Waals surface area contributed by atoms with Crippen molar-refractivity contribution >= 4 is 0 Å². The first-order chi connectivity index (χ1) is 21.7. The van der Waals surface area contributed by atoms with Gasteiger partial charge in [-0.3, -0.25) is 0 Å². The van der Waals surface area contributed by atoms with E-state index in [4.69, 9.17) is 29.9 Å². The van der Waals surface area contributed by atoms with E-state index in [-0.39, 0.29) is 0 Å². The van der Waals surface area contributed by atoms with Gasteiger partial charge in [0.2, 0.25) is 0 Å². The highest BCUT2D eigenvalue weighted by Gasteiger charge is 2.17. The number of aromatic nitrogens is 6. The van der Waals surface area contributed by atoms with Gasteiger partial charge in [0.05, 0.1) is 11.6 Å². The SMILES string of the molecule is N#Cc1cc(-c2nc(-c3ccccc3)nc(-c3ccccc3)n2)cc(-c2nc(-c3ccccc3)nc(-c3ccccc3)n2)c1. The molecule has 2 aromatic heterocycles. The second-order valence-corrected chi connectivity index (χ2v) is 9.99. The molecule has 5 aromatic carbocycles. The summed E-state index contributed by atoms with van der Waals surface area (Å²) in [6.07, 6.45) is 0. The summed E-state index contributed by atoms with van der Waals surface area (Å²) in [4.78, 5) is 29.0. The quantitative estimate of drug-likeness (QED) is 0.202. The molecule has 2 heterocycles. The fourth-order valence-corrected chi connectivity index (χ4v) is 4.83. The van der Waals surface area contributed by atoms with Gasteiger partial charge < -0.3 is 0 Å². The maximum Gasteiger partial charge on any atom is 0.164 e. The highest BCUT2D eigenvalue weighted by atomic mass is 15.0. The molecule has 7 rings (SSSR count). The van der Waals surface area contributed by atoms with Crippen molar-refractivity contribution in [1.29, 1.82) is 5.26 Å². The van der Waals surface area contributed by atoms with Crippen LogP contribution in [0, 0.1) is 11.3 Å². The fourth-order valence-electron chi connectivity index (χ4n) is 4.83. The zero-order valence-electron chi connectivity index (χ0n) is 23.4. The lowest BCUT2D eigenvalue weighted by molar-refractivity contribution is 1.07. The van der Waals surface area contributed by atoms with Gasteiger partial charge >= 0.3 is 0 Å². The van der Waals surface area contributed by atoms with Gasteiger partial charge in [-0.15, -0.1) is 0 Å². The summed E-state index contributed by atoms with van der Waals surface area (Å²) >= 11 is 0. The smallest absolute Gasteiger partial charge is 0.164 e. The third-order valence-corrected chi connectivity index (χ3v) is 6.98. The normalized spacial score (nSPS) is 10.7. The first-order valence-corrected chi connectivity index (χ1v) is 14.0. The summed E-state index contributed by atoms with van der Waals surface area (Å²) in [7, 11) is 0. The van der Waals surface area contributed by atoms with Crippen LogP contribution in [0.4, 0.5) is 0 Å². The van der Waals surface area contributed by atoms with Gasteiger partial charge in [-0.2, -0.15) is 5.26 Å². The minimum atomic E-state index is 0.434. The highest BCUT2D eigenvalue weighted by Crippen LogP contribution is 2.30. The molecule has 7 heteroatoms. The van der Waals surface area contributed by atoms with Crippen molar-refractivity contribution in [3.63, 3.8) is 0 Å². The molecule has 7 nitrogen and oxygen atoms in total. The average Bonchev–Trinajstić information content (AvgIpc) is 3.12. The van der Waals surface area contributed by atoms with Crippen LogP contribution in [-0.2, 0) is 0 Å². The van der Waals surface area contributed by atoms with Gasteiger partial charge in [0.1, 0.15) is 0 Å². The summed E-state index contributed by atoms with van der Waals surface area (Å²) in [5, 5.41) is 10.1. The number of hydrogen-bond donors (Lipinski definition) is 0. The molecule has 0 aliphatic carbocycles. The number of nitrogens with zero attached hydrogens (tertiary/aromatic N) is 7. The molecule has 7 aromatic rings. The number of rotatable bonds is 6. The lowest BCUT2D eigenvalue weighted by Crippen LogP contribution is -2.02. The fraction of sp³-hybridized carbons (Fsp3) is 0. The summed E-state index contributed by atoms with van der Waals surface area (Å²) in [5.74, 6) is 3.04. The van der Waals surface area contributed by atoms with Crippen LogP contribution in [0.15, 0.2) is 140 Å². The van der Waals surface area contributed by atoms with E-state index in [1.807, 2.05) is 127 Å². The van der Waals surface area contributed by atoms with E-state index in [1.165, 1.54) is 0 Å².